The van der Waals surface area contributed by atoms with Gasteiger partial charge in [-0.15, -0.1) is 0 Å². The second-order valence-corrected chi connectivity index (χ2v) is 9.85. The first kappa shape index (κ1) is 28.4. The van der Waals surface area contributed by atoms with Crippen LogP contribution in [0.1, 0.15) is 72.3 Å². The highest BCUT2D eigenvalue weighted by Crippen LogP contribution is 2.25. The van der Waals surface area contributed by atoms with Crippen LogP contribution in [0.15, 0.2) is 36.1 Å². The lowest BCUT2D eigenvalue weighted by Crippen LogP contribution is -2.48. The summed E-state index contributed by atoms with van der Waals surface area (Å²) in [5.41, 5.74) is 0.380. The second kappa shape index (κ2) is 13.8. The molecule has 184 valence electrons. The molecule has 0 aliphatic heterocycles. The minimum Gasteiger partial charge on any atom is -0.504 e. The van der Waals surface area contributed by atoms with Crippen molar-refractivity contribution in [1.29, 1.82) is 0 Å². The van der Waals surface area contributed by atoms with Gasteiger partial charge in [0.2, 0.25) is 18.1 Å². The Morgan fingerprint density at radius 2 is 1.79 bits per heavy atom. The molecule has 2 amide bonds. The number of Topliss-reactive ketones (excluding diaryl/α,β-unsaturated/α-hetero) is 1. The van der Waals surface area contributed by atoms with Gasteiger partial charge in [0.1, 0.15) is 0 Å². The van der Waals surface area contributed by atoms with Gasteiger partial charge in [0.05, 0.1) is 18.5 Å². The van der Waals surface area contributed by atoms with Gasteiger partial charge in [0.25, 0.3) is 0 Å². The summed E-state index contributed by atoms with van der Waals surface area (Å²) in [4.78, 5) is 37.3. The number of aliphatic hydroxyl groups excluding tert-OH is 1. The smallest absolute Gasteiger partial charge is 0.233 e. The number of ketones is 1. The van der Waals surface area contributed by atoms with Crippen LogP contribution in [0.25, 0.3) is 6.08 Å². The van der Waals surface area contributed by atoms with E-state index in [1.165, 1.54) is 6.08 Å². The third-order valence-corrected chi connectivity index (χ3v) is 5.60. The molecule has 0 spiro atoms. The van der Waals surface area contributed by atoms with Gasteiger partial charge in [-0.2, -0.15) is 0 Å². The number of hydrogen-bond acceptors (Lipinski definition) is 5. The number of carbonyl (C=O) groups excluding carboxylic acids is 3. The first-order valence-electron chi connectivity index (χ1n) is 11.7. The van der Waals surface area contributed by atoms with Crippen LogP contribution in [0.3, 0.4) is 0 Å². The van der Waals surface area contributed by atoms with Gasteiger partial charge in [0.15, 0.2) is 5.76 Å². The van der Waals surface area contributed by atoms with Crippen molar-refractivity contribution in [3.05, 3.63) is 41.7 Å². The number of benzene rings is 1. The SMILES string of the molecule is CCCC(CC)CC(CN(O)C=O)C(=O)NC(CC(C)(C)C)C(=O)/C(O)=C/c1ccccc1. The molecule has 0 saturated carbocycles. The third kappa shape index (κ3) is 10.7. The van der Waals surface area contributed by atoms with Gasteiger partial charge < -0.3 is 10.4 Å². The molecule has 1 aromatic rings. The molecule has 1 aromatic carbocycles. The summed E-state index contributed by atoms with van der Waals surface area (Å²) in [6.45, 7) is 9.81. The number of hydroxylamine groups is 2. The van der Waals surface area contributed by atoms with Crippen LogP contribution in [0.4, 0.5) is 0 Å². The fourth-order valence-corrected chi connectivity index (χ4v) is 3.90. The molecule has 33 heavy (non-hydrogen) atoms. The van der Waals surface area contributed by atoms with E-state index < -0.39 is 29.4 Å². The molecule has 0 radical (unpaired) electrons. The zero-order chi connectivity index (χ0) is 25.0. The monoisotopic (exact) mass is 460 g/mol. The molecule has 0 aliphatic carbocycles. The molecule has 0 bridgehead atoms. The van der Waals surface area contributed by atoms with Crippen LogP contribution in [-0.4, -0.2) is 46.1 Å². The summed E-state index contributed by atoms with van der Waals surface area (Å²) in [5, 5.41) is 23.5. The van der Waals surface area contributed by atoms with E-state index in [-0.39, 0.29) is 24.3 Å². The Morgan fingerprint density at radius 3 is 2.30 bits per heavy atom. The van der Waals surface area contributed by atoms with Crippen LogP contribution >= 0.6 is 0 Å². The topological polar surface area (TPSA) is 107 Å². The van der Waals surface area contributed by atoms with Crippen LogP contribution in [0, 0.1) is 17.3 Å². The highest BCUT2D eigenvalue weighted by Gasteiger charge is 2.32. The number of carbonyl (C=O) groups is 3. The minimum atomic E-state index is -0.936. The summed E-state index contributed by atoms with van der Waals surface area (Å²) in [5.74, 6) is -1.83. The van der Waals surface area contributed by atoms with Crippen LogP contribution < -0.4 is 5.32 Å². The summed E-state index contributed by atoms with van der Waals surface area (Å²) in [7, 11) is 0. The van der Waals surface area contributed by atoms with Crippen molar-refractivity contribution >= 4 is 24.2 Å². The van der Waals surface area contributed by atoms with E-state index in [2.05, 4.69) is 12.2 Å². The average Bonchev–Trinajstić information content (AvgIpc) is 2.76. The normalized spacial score (nSPS) is 14.8. The molecule has 0 aliphatic rings. The summed E-state index contributed by atoms with van der Waals surface area (Å²) >= 11 is 0. The fourth-order valence-electron chi connectivity index (χ4n) is 3.90. The Bertz CT molecular complexity index is 786. The molecular weight excluding hydrogens is 420 g/mol. The van der Waals surface area contributed by atoms with E-state index >= 15 is 0 Å². The highest BCUT2D eigenvalue weighted by molar-refractivity contribution is 6.02. The molecule has 3 N–H and O–H groups in total. The van der Waals surface area contributed by atoms with Crippen molar-refractivity contribution in [2.45, 2.75) is 72.8 Å². The molecule has 0 heterocycles. The maximum Gasteiger partial charge on any atom is 0.233 e. The van der Waals surface area contributed by atoms with Crippen molar-refractivity contribution < 1.29 is 24.7 Å². The number of nitrogens with one attached hydrogen (secondary N) is 1. The highest BCUT2D eigenvalue weighted by atomic mass is 16.5. The van der Waals surface area contributed by atoms with Crippen molar-refractivity contribution in [1.82, 2.24) is 10.4 Å². The summed E-state index contributed by atoms with van der Waals surface area (Å²) in [6.07, 6.45) is 5.23. The first-order valence-corrected chi connectivity index (χ1v) is 11.7. The van der Waals surface area contributed by atoms with Gasteiger partial charge in [-0.3, -0.25) is 19.6 Å². The molecule has 3 unspecified atom stereocenters. The van der Waals surface area contributed by atoms with Gasteiger partial charge in [0, 0.05) is 0 Å². The third-order valence-electron chi connectivity index (χ3n) is 5.60. The first-order chi connectivity index (χ1) is 15.5. The zero-order valence-electron chi connectivity index (χ0n) is 20.6. The number of hydrogen-bond donors (Lipinski definition) is 3. The summed E-state index contributed by atoms with van der Waals surface area (Å²) < 4.78 is 0. The van der Waals surface area contributed by atoms with Crippen molar-refractivity contribution in [2.24, 2.45) is 17.3 Å². The number of nitrogens with zero attached hydrogens (tertiary/aromatic N) is 1. The van der Waals surface area contributed by atoms with Gasteiger partial charge >= 0.3 is 0 Å². The van der Waals surface area contributed by atoms with Crippen LogP contribution in [0.2, 0.25) is 0 Å². The Hall–Kier alpha value is -2.67. The Labute approximate surface area is 197 Å². The Morgan fingerprint density at radius 1 is 1.15 bits per heavy atom. The molecule has 0 fully saturated rings. The van der Waals surface area contributed by atoms with Gasteiger partial charge in [-0.25, -0.2) is 5.06 Å². The lowest BCUT2D eigenvalue weighted by Gasteiger charge is -2.29. The summed E-state index contributed by atoms with van der Waals surface area (Å²) in [6, 6.07) is 8.04. The van der Waals surface area contributed by atoms with E-state index in [0.29, 0.717) is 23.5 Å². The maximum absolute atomic E-state index is 13.2. The molecule has 3 atom stereocenters. The predicted octanol–water partition coefficient (Wildman–Crippen LogP) is 4.76. The van der Waals surface area contributed by atoms with E-state index in [9.17, 15) is 24.7 Å². The van der Waals surface area contributed by atoms with Crippen molar-refractivity contribution in [2.75, 3.05) is 6.54 Å². The predicted molar refractivity (Wildman–Crippen MR) is 129 cm³/mol. The maximum atomic E-state index is 13.2. The molecule has 0 aromatic heterocycles. The minimum absolute atomic E-state index is 0.155. The largest absolute Gasteiger partial charge is 0.504 e. The Kier molecular flexibility index (Phi) is 11.8. The van der Waals surface area contributed by atoms with Crippen molar-refractivity contribution in [3.63, 3.8) is 0 Å². The standard InChI is InChI=1S/C26H40N2O5/c1-6-11-19(7-2)14-21(17-28(33)18-29)25(32)27-22(16-26(3,4)5)24(31)23(30)15-20-12-9-8-10-13-20/h8-10,12-13,15,18-19,21-22,30,33H,6-7,11,14,16-17H2,1-5H3,(H,27,32)/b23-15-. The molecule has 7 nitrogen and oxygen atoms in total. The van der Waals surface area contributed by atoms with E-state index in [0.717, 1.165) is 19.3 Å². The van der Waals surface area contributed by atoms with Gasteiger partial charge in [-0.05, 0) is 35.8 Å². The number of aliphatic hydroxyl groups is 1. The number of rotatable bonds is 14. The lowest BCUT2D eigenvalue weighted by molar-refractivity contribution is -0.155. The van der Waals surface area contributed by atoms with E-state index in [4.69, 9.17) is 0 Å². The molecule has 0 saturated heterocycles. The van der Waals surface area contributed by atoms with E-state index in [1.54, 1.807) is 24.3 Å². The Balaban J connectivity index is 3.13. The average molecular weight is 461 g/mol. The van der Waals surface area contributed by atoms with Crippen LogP contribution in [-0.2, 0) is 14.4 Å². The second-order valence-electron chi connectivity index (χ2n) is 9.85. The molecule has 7 heteroatoms. The zero-order valence-corrected chi connectivity index (χ0v) is 20.6. The van der Waals surface area contributed by atoms with Gasteiger partial charge in [-0.1, -0.05) is 84.2 Å². The lowest BCUT2D eigenvalue weighted by atomic mass is 9.85. The van der Waals surface area contributed by atoms with Crippen molar-refractivity contribution in [3.8, 4) is 0 Å². The van der Waals surface area contributed by atoms with Crippen LogP contribution in [0.5, 0.6) is 0 Å². The number of amides is 2. The molecule has 1 rings (SSSR count). The molecular formula is C26H40N2O5. The van der Waals surface area contributed by atoms with E-state index in [1.807, 2.05) is 33.8 Å². The fraction of sp³-hybridized carbons (Fsp3) is 0.577. The quantitative estimate of drug-likeness (QED) is 0.122.